The zero-order valence-electron chi connectivity index (χ0n) is 9.08. The fraction of sp³-hybridized carbons (Fsp3) is 0.364. The van der Waals surface area contributed by atoms with E-state index in [1.165, 1.54) is 24.3 Å². The van der Waals surface area contributed by atoms with Crippen LogP contribution in [0.5, 0.6) is 0 Å². The lowest BCUT2D eigenvalue weighted by Gasteiger charge is -2.19. The summed E-state index contributed by atoms with van der Waals surface area (Å²) in [7, 11) is 0. The fourth-order valence-corrected chi connectivity index (χ4v) is 1.33. The average Bonchev–Trinajstić information content (AvgIpc) is 2.24. The monoisotopic (exact) mass is 282 g/mol. The highest BCUT2D eigenvalue weighted by molar-refractivity contribution is 6.30. The van der Waals surface area contributed by atoms with E-state index < -0.39 is 24.7 Å². The SMILES string of the molecule is O=C(O)CC(OCc1ccc(Cl)cc1)C(F)(F)F. The first kappa shape index (κ1) is 14.8. The van der Waals surface area contributed by atoms with E-state index in [1.54, 1.807) is 0 Å². The third-order valence-electron chi connectivity index (χ3n) is 2.09. The molecule has 1 unspecified atom stereocenters. The molecule has 1 atom stereocenters. The lowest BCUT2D eigenvalue weighted by atomic mass is 10.2. The van der Waals surface area contributed by atoms with Crippen LogP contribution in [0.25, 0.3) is 0 Å². The van der Waals surface area contributed by atoms with Crippen LogP contribution in [-0.4, -0.2) is 23.4 Å². The zero-order chi connectivity index (χ0) is 13.8. The van der Waals surface area contributed by atoms with Gasteiger partial charge in [-0.05, 0) is 17.7 Å². The number of carboxylic acids is 1. The molecule has 0 bridgehead atoms. The van der Waals surface area contributed by atoms with Crippen molar-refractivity contribution < 1.29 is 27.8 Å². The van der Waals surface area contributed by atoms with Crippen molar-refractivity contribution in [2.24, 2.45) is 0 Å². The van der Waals surface area contributed by atoms with E-state index in [2.05, 4.69) is 4.74 Å². The standard InChI is InChI=1S/C11H10ClF3O3/c12-8-3-1-7(2-4-8)6-18-9(5-10(16)17)11(13,14)15/h1-4,9H,5-6H2,(H,16,17). The Morgan fingerprint density at radius 2 is 1.89 bits per heavy atom. The molecule has 0 fully saturated rings. The molecular weight excluding hydrogens is 273 g/mol. The van der Waals surface area contributed by atoms with Crippen LogP contribution in [-0.2, 0) is 16.1 Å². The summed E-state index contributed by atoms with van der Waals surface area (Å²) in [5.41, 5.74) is 0.485. The fourth-order valence-electron chi connectivity index (χ4n) is 1.21. The molecule has 0 aromatic heterocycles. The Kier molecular flexibility index (Phi) is 4.98. The number of halogens is 4. The van der Waals surface area contributed by atoms with Crippen molar-refractivity contribution in [2.45, 2.75) is 25.3 Å². The molecule has 7 heteroatoms. The van der Waals surface area contributed by atoms with Crippen molar-refractivity contribution >= 4 is 17.6 Å². The molecule has 1 N–H and O–H groups in total. The number of benzene rings is 1. The molecule has 0 radical (unpaired) electrons. The van der Waals surface area contributed by atoms with Crippen LogP contribution in [0.3, 0.4) is 0 Å². The normalized spacial score (nSPS) is 13.3. The van der Waals surface area contributed by atoms with E-state index in [-0.39, 0.29) is 6.61 Å². The van der Waals surface area contributed by atoms with Crippen LogP contribution >= 0.6 is 11.6 Å². The Bertz CT molecular complexity index is 403. The second kappa shape index (κ2) is 6.06. The summed E-state index contributed by atoms with van der Waals surface area (Å²) in [6, 6.07) is 6.05. The second-order valence-corrected chi connectivity index (χ2v) is 4.00. The molecule has 0 spiro atoms. The number of rotatable bonds is 5. The molecule has 0 aliphatic rings. The third-order valence-corrected chi connectivity index (χ3v) is 2.34. The van der Waals surface area contributed by atoms with Gasteiger partial charge in [-0.2, -0.15) is 13.2 Å². The molecule has 1 aromatic carbocycles. The molecule has 0 heterocycles. The van der Waals surface area contributed by atoms with E-state index in [1.807, 2.05) is 0 Å². The molecular formula is C11H10ClF3O3. The minimum atomic E-state index is -4.70. The maximum atomic E-state index is 12.4. The van der Waals surface area contributed by atoms with Gasteiger partial charge < -0.3 is 9.84 Å². The highest BCUT2D eigenvalue weighted by Gasteiger charge is 2.42. The van der Waals surface area contributed by atoms with Gasteiger partial charge in [0.05, 0.1) is 13.0 Å². The minimum absolute atomic E-state index is 0.325. The van der Waals surface area contributed by atoms with Crippen LogP contribution in [0.4, 0.5) is 13.2 Å². The lowest BCUT2D eigenvalue weighted by Crippen LogP contribution is -2.33. The van der Waals surface area contributed by atoms with Crippen LogP contribution in [0.15, 0.2) is 24.3 Å². The Morgan fingerprint density at radius 1 is 1.33 bits per heavy atom. The first-order chi connectivity index (χ1) is 8.29. The van der Waals surface area contributed by atoms with E-state index in [0.717, 1.165) is 0 Å². The highest BCUT2D eigenvalue weighted by Crippen LogP contribution is 2.26. The number of carbonyl (C=O) groups is 1. The topological polar surface area (TPSA) is 46.5 Å². The van der Waals surface area contributed by atoms with Gasteiger partial charge in [-0.25, -0.2) is 0 Å². The van der Waals surface area contributed by atoms with Crippen molar-refractivity contribution in [3.8, 4) is 0 Å². The van der Waals surface area contributed by atoms with Crippen molar-refractivity contribution in [3.63, 3.8) is 0 Å². The number of alkyl halides is 3. The van der Waals surface area contributed by atoms with Gasteiger partial charge in [-0.1, -0.05) is 23.7 Å². The summed E-state index contributed by atoms with van der Waals surface area (Å²) in [5, 5.41) is 8.84. The van der Waals surface area contributed by atoms with Crippen LogP contribution in [0.2, 0.25) is 5.02 Å². The summed E-state index contributed by atoms with van der Waals surface area (Å²) in [6.45, 7) is -0.325. The Morgan fingerprint density at radius 3 is 2.33 bits per heavy atom. The van der Waals surface area contributed by atoms with Gasteiger partial charge in [0.2, 0.25) is 0 Å². The first-order valence-electron chi connectivity index (χ1n) is 4.93. The van der Waals surface area contributed by atoms with Crippen molar-refractivity contribution in [1.82, 2.24) is 0 Å². The summed E-state index contributed by atoms with van der Waals surface area (Å²) < 4.78 is 41.9. The van der Waals surface area contributed by atoms with Gasteiger partial charge in [0, 0.05) is 5.02 Å². The molecule has 1 aromatic rings. The van der Waals surface area contributed by atoms with Gasteiger partial charge in [0.25, 0.3) is 0 Å². The molecule has 0 saturated heterocycles. The Balaban J connectivity index is 2.62. The first-order valence-corrected chi connectivity index (χ1v) is 5.31. The van der Waals surface area contributed by atoms with Gasteiger partial charge >= 0.3 is 12.1 Å². The quantitative estimate of drug-likeness (QED) is 0.901. The summed E-state index contributed by atoms with van der Waals surface area (Å²) >= 11 is 5.62. The summed E-state index contributed by atoms with van der Waals surface area (Å²) in [6.07, 6.45) is -8.13. The number of hydrogen-bond donors (Lipinski definition) is 1. The highest BCUT2D eigenvalue weighted by atomic mass is 35.5. The van der Waals surface area contributed by atoms with Gasteiger partial charge in [0.1, 0.15) is 0 Å². The molecule has 1 rings (SSSR count). The van der Waals surface area contributed by atoms with Crippen molar-refractivity contribution in [2.75, 3.05) is 0 Å². The molecule has 0 saturated carbocycles. The Hall–Kier alpha value is -1.27. The lowest BCUT2D eigenvalue weighted by molar-refractivity contribution is -0.227. The molecule has 0 aliphatic carbocycles. The predicted octanol–water partition coefficient (Wildman–Crippen LogP) is 3.26. The largest absolute Gasteiger partial charge is 0.481 e. The summed E-state index contributed by atoms with van der Waals surface area (Å²) in [4.78, 5) is 10.3. The van der Waals surface area contributed by atoms with Crippen LogP contribution < -0.4 is 0 Å². The number of hydrogen-bond acceptors (Lipinski definition) is 2. The number of carboxylic acid groups (broad SMARTS) is 1. The van der Waals surface area contributed by atoms with E-state index in [4.69, 9.17) is 16.7 Å². The van der Waals surface area contributed by atoms with Gasteiger partial charge in [-0.15, -0.1) is 0 Å². The minimum Gasteiger partial charge on any atom is -0.481 e. The maximum Gasteiger partial charge on any atom is 0.415 e. The van der Waals surface area contributed by atoms with Crippen LogP contribution in [0.1, 0.15) is 12.0 Å². The average molecular weight is 283 g/mol. The van der Waals surface area contributed by atoms with Gasteiger partial charge in [-0.3, -0.25) is 4.79 Å². The smallest absolute Gasteiger partial charge is 0.415 e. The summed E-state index contributed by atoms with van der Waals surface area (Å²) in [5.74, 6) is -1.56. The second-order valence-electron chi connectivity index (χ2n) is 3.57. The van der Waals surface area contributed by atoms with E-state index in [0.29, 0.717) is 10.6 Å². The maximum absolute atomic E-state index is 12.4. The van der Waals surface area contributed by atoms with Gasteiger partial charge in [0.15, 0.2) is 6.10 Å². The van der Waals surface area contributed by atoms with Crippen molar-refractivity contribution in [1.29, 1.82) is 0 Å². The molecule has 3 nitrogen and oxygen atoms in total. The van der Waals surface area contributed by atoms with Crippen LogP contribution in [0, 0.1) is 0 Å². The number of ether oxygens (including phenoxy) is 1. The molecule has 0 aliphatic heterocycles. The molecule has 0 amide bonds. The third kappa shape index (κ3) is 4.93. The molecule has 18 heavy (non-hydrogen) atoms. The van der Waals surface area contributed by atoms with E-state index in [9.17, 15) is 18.0 Å². The number of aliphatic carboxylic acids is 1. The Labute approximate surface area is 106 Å². The molecule has 100 valence electrons. The zero-order valence-corrected chi connectivity index (χ0v) is 9.83. The van der Waals surface area contributed by atoms with E-state index >= 15 is 0 Å². The predicted molar refractivity (Wildman–Crippen MR) is 58.3 cm³/mol. The van der Waals surface area contributed by atoms with Crippen molar-refractivity contribution in [3.05, 3.63) is 34.9 Å².